The van der Waals surface area contributed by atoms with Crippen LogP contribution in [-0.4, -0.2) is 43.2 Å². The van der Waals surface area contributed by atoms with Crippen LogP contribution in [0.5, 0.6) is 5.75 Å². The fourth-order valence-corrected chi connectivity index (χ4v) is 3.17. The second-order valence-corrected chi connectivity index (χ2v) is 6.71. The number of carbonyl (C=O) groups excluding carboxylic acids is 1. The number of nitrogens with zero attached hydrogens (tertiary/aromatic N) is 1. The summed E-state index contributed by atoms with van der Waals surface area (Å²) in [6, 6.07) is 3.80. The highest BCUT2D eigenvalue weighted by molar-refractivity contribution is 5.76. The number of rotatable bonds is 6. The number of aryl methyl sites for hydroxylation is 2. The Morgan fingerprint density at radius 3 is 2.48 bits per heavy atom. The van der Waals surface area contributed by atoms with E-state index in [4.69, 9.17) is 4.74 Å². The molecule has 1 heterocycles. The minimum Gasteiger partial charge on any atom is -0.484 e. The van der Waals surface area contributed by atoms with Gasteiger partial charge < -0.3 is 15.0 Å². The maximum absolute atomic E-state index is 12.3. The molecule has 2 rings (SSSR count). The second kappa shape index (κ2) is 8.08. The van der Waals surface area contributed by atoms with Crippen LogP contribution in [0.1, 0.15) is 36.0 Å². The van der Waals surface area contributed by atoms with E-state index in [-0.39, 0.29) is 17.7 Å². The van der Waals surface area contributed by atoms with Gasteiger partial charge in [0.15, 0.2) is 6.61 Å². The lowest BCUT2D eigenvalue weighted by atomic mass is 10.0. The molecule has 1 N–H and O–H groups in total. The van der Waals surface area contributed by atoms with E-state index >= 15 is 0 Å². The minimum atomic E-state index is -4.36. The molecule has 1 aliphatic heterocycles. The van der Waals surface area contributed by atoms with E-state index in [1.165, 1.54) is 0 Å². The average Bonchev–Trinajstić information content (AvgIpc) is 2.98. The van der Waals surface area contributed by atoms with Crippen LogP contribution in [0.3, 0.4) is 0 Å². The highest BCUT2D eigenvalue weighted by Crippen LogP contribution is 2.27. The van der Waals surface area contributed by atoms with Gasteiger partial charge >= 0.3 is 6.18 Å². The maximum Gasteiger partial charge on any atom is 0.422 e. The van der Waals surface area contributed by atoms with Gasteiger partial charge in [-0.1, -0.05) is 12.1 Å². The van der Waals surface area contributed by atoms with Crippen molar-refractivity contribution in [3.8, 4) is 5.75 Å². The third kappa shape index (κ3) is 5.92. The lowest BCUT2D eigenvalue weighted by Gasteiger charge is -2.21. The average molecular weight is 358 g/mol. The molecule has 1 unspecified atom stereocenters. The first kappa shape index (κ1) is 19.6. The van der Waals surface area contributed by atoms with Crippen LogP contribution in [-0.2, 0) is 11.3 Å². The molecule has 1 atom stereocenters. The SMILES string of the molecule is Cc1cc(CN(C)C(=O)CC2CCCN2)cc(C)c1OCC(F)(F)F. The molecular formula is C18H25F3N2O2. The number of nitrogens with one attached hydrogen (secondary N) is 1. The van der Waals surface area contributed by atoms with Crippen LogP contribution in [0, 0.1) is 13.8 Å². The van der Waals surface area contributed by atoms with Crippen LogP contribution < -0.4 is 10.1 Å². The van der Waals surface area contributed by atoms with E-state index in [1.54, 1.807) is 37.9 Å². The zero-order valence-corrected chi connectivity index (χ0v) is 14.9. The third-order valence-corrected chi connectivity index (χ3v) is 4.33. The molecule has 25 heavy (non-hydrogen) atoms. The number of hydrogen-bond acceptors (Lipinski definition) is 3. The molecule has 1 aromatic carbocycles. The first-order chi connectivity index (χ1) is 11.7. The molecule has 1 saturated heterocycles. The highest BCUT2D eigenvalue weighted by atomic mass is 19.4. The fraction of sp³-hybridized carbons (Fsp3) is 0.611. The summed E-state index contributed by atoms with van der Waals surface area (Å²) in [4.78, 5) is 13.9. The van der Waals surface area contributed by atoms with Crippen molar-refractivity contribution in [3.63, 3.8) is 0 Å². The molecule has 140 valence electrons. The van der Waals surface area contributed by atoms with Crippen LogP contribution in [0.25, 0.3) is 0 Å². The fourth-order valence-electron chi connectivity index (χ4n) is 3.17. The Morgan fingerprint density at radius 2 is 1.96 bits per heavy atom. The number of benzene rings is 1. The predicted octanol–water partition coefficient (Wildman–Crippen LogP) is 3.35. The molecule has 1 aliphatic rings. The van der Waals surface area contributed by atoms with Gasteiger partial charge in [0.05, 0.1) is 0 Å². The van der Waals surface area contributed by atoms with Crippen molar-refractivity contribution in [2.75, 3.05) is 20.2 Å². The zero-order valence-electron chi connectivity index (χ0n) is 14.9. The molecule has 0 aromatic heterocycles. The Morgan fingerprint density at radius 1 is 1.32 bits per heavy atom. The smallest absolute Gasteiger partial charge is 0.422 e. The molecule has 0 aliphatic carbocycles. The molecule has 0 radical (unpaired) electrons. The molecule has 0 saturated carbocycles. The van der Waals surface area contributed by atoms with Crippen molar-refractivity contribution in [3.05, 3.63) is 28.8 Å². The molecule has 0 spiro atoms. The summed E-state index contributed by atoms with van der Waals surface area (Å²) in [6.07, 6.45) is -1.78. The molecule has 0 bridgehead atoms. The van der Waals surface area contributed by atoms with Gasteiger partial charge in [-0.2, -0.15) is 13.2 Å². The summed E-state index contributed by atoms with van der Waals surface area (Å²) < 4.78 is 41.9. The van der Waals surface area contributed by atoms with Gasteiger partial charge in [0.2, 0.25) is 5.91 Å². The second-order valence-electron chi connectivity index (χ2n) is 6.71. The standard InChI is InChI=1S/C18H25F3N2O2/c1-12-7-14(8-13(2)17(12)25-11-18(19,20)21)10-23(3)16(24)9-15-5-4-6-22-15/h7-8,15,22H,4-6,9-11H2,1-3H3. The van der Waals surface area contributed by atoms with Crippen molar-refractivity contribution < 1.29 is 22.7 Å². The van der Waals surface area contributed by atoms with E-state index in [9.17, 15) is 18.0 Å². The number of amides is 1. The quantitative estimate of drug-likeness (QED) is 0.848. The lowest BCUT2D eigenvalue weighted by molar-refractivity contribution is -0.153. The van der Waals surface area contributed by atoms with Crippen LogP contribution >= 0.6 is 0 Å². The van der Waals surface area contributed by atoms with Gasteiger partial charge in [-0.15, -0.1) is 0 Å². The van der Waals surface area contributed by atoms with Gasteiger partial charge in [-0.3, -0.25) is 4.79 Å². The Bertz CT molecular complexity index is 588. The maximum atomic E-state index is 12.3. The van der Waals surface area contributed by atoms with Crippen LogP contribution in [0.2, 0.25) is 0 Å². The molecule has 1 amide bonds. The number of ether oxygens (including phenoxy) is 1. The van der Waals surface area contributed by atoms with E-state index in [1.807, 2.05) is 0 Å². The van der Waals surface area contributed by atoms with E-state index in [0.29, 0.717) is 24.1 Å². The minimum absolute atomic E-state index is 0.0621. The number of alkyl halides is 3. The third-order valence-electron chi connectivity index (χ3n) is 4.33. The highest BCUT2D eigenvalue weighted by Gasteiger charge is 2.29. The monoisotopic (exact) mass is 358 g/mol. The first-order valence-electron chi connectivity index (χ1n) is 8.43. The Kier molecular flexibility index (Phi) is 6.32. The summed E-state index contributed by atoms with van der Waals surface area (Å²) in [5.74, 6) is 0.317. The summed E-state index contributed by atoms with van der Waals surface area (Å²) >= 11 is 0. The predicted molar refractivity (Wildman–Crippen MR) is 89.6 cm³/mol. The van der Waals surface area contributed by atoms with Crippen molar-refractivity contribution in [2.24, 2.45) is 0 Å². The van der Waals surface area contributed by atoms with Crippen molar-refractivity contribution in [1.82, 2.24) is 10.2 Å². The van der Waals surface area contributed by atoms with Gasteiger partial charge in [0.25, 0.3) is 0 Å². The Labute approximate surface area is 146 Å². The van der Waals surface area contributed by atoms with Gasteiger partial charge in [0, 0.05) is 26.1 Å². The van der Waals surface area contributed by atoms with E-state index < -0.39 is 12.8 Å². The van der Waals surface area contributed by atoms with Crippen molar-refractivity contribution in [1.29, 1.82) is 0 Å². The lowest BCUT2D eigenvalue weighted by Crippen LogP contribution is -2.33. The summed E-state index contributed by atoms with van der Waals surface area (Å²) in [7, 11) is 1.75. The Hall–Kier alpha value is -1.76. The Balaban J connectivity index is 1.98. The molecule has 4 nitrogen and oxygen atoms in total. The van der Waals surface area contributed by atoms with E-state index in [0.717, 1.165) is 24.9 Å². The zero-order chi connectivity index (χ0) is 18.6. The van der Waals surface area contributed by atoms with Gasteiger partial charge in [-0.25, -0.2) is 0 Å². The number of halogens is 3. The molecular weight excluding hydrogens is 333 g/mol. The summed E-state index contributed by atoms with van der Waals surface area (Å²) in [6.45, 7) is 3.51. The van der Waals surface area contributed by atoms with Crippen molar-refractivity contribution >= 4 is 5.91 Å². The summed E-state index contributed by atoms with van der Waals surface area (Å²) in [5, 5.41) is 3.30. The molecule has 7 heteroatoms. The molecule has 1 fully saturated rings. The van der Waals surface area contributed by atoms with Gasteiger partial charge in [0.1, 0.15) is 5.75 Å². The summed E-state index contributed by atoms with van der Waals surface area (Å²) in [5.41, 5.74) is 2.15. The van der Waals surface area contributed by atoms with Crippen molar-refractivity contribution in [2.45, 2.75) is 51.9 Å². The number of hydrogen-bond donors (Lipinski definition) is 1. The largest absolute Gasteiger partial charge is 0.484 e. The van der Waals surface area contributed by atoms with E-state index in [2.05, 4.69) is 5.32 Å². The first-order valence-corrected chi connectivity index (χ1v) is 8.43. The number of carbonyl (C=O) groups is 1. The normalized spacial score (nSPS) is 17.6. The topological polar surface area (TPSA) is 41.6 Å². The van der Waals surface area contributed by atoms with Gasteiger partial charge in [-0.05, 0) is 49.9 Å². The molecule has 1 aromatic rings. The van der Waals surface area contributed by atoms with Crippen LogP contribution in [0.15, 0.2) is 12.1 Å². The van der Waals surface area contributed by atoms with Crippen LogP contribution in [0.4, 0.5) is 13.2 Å².